The molecule has 2 aromatic rings. The highest BCUT2D eigenvalue weighted by atomic mass is 19.1. The topological polar surface area (TPSA) is 39.2 Å². The van der Waals surface area contributed by atoms with E-state index in [0.29, 0.717) is 22.4 Å². The number of benzene rings is 1. The van der Waals surface area contributed by atoms with Crippen molar-refractivity contribution in [3.8, 4) is 16.9 Å². The Morgan fingerprint density at radius 3 is 2.72 bits per heavy atom. The molecule has 0 spiro atoms. The van der Waals surface area contributed by atoms with E-state index in [9.17, 15) is 9.18 Å². The summed E-state index contributed by atoms with van der Waals surface area (Å²) in [5.41, 5.74) is 1.64. The molecule has 0 aliphatic carbocycles. The summed E-state index contributed by atoms with van der Waals surface area (Å²) in [7, 11) is 1.53. The molecule has 1 aromatic heterocycles. The van der Waals surface area contributed by atoms with E-state index in [4.69, 9.17) is 4.74 Å². The molecule has 18 heavy (non-hydrogen) atoms. The van der Waals surface area contributed by atoms with Crippen molar-refractivity contribution in [1.82, 2.24) is 4.98 Å². The van der Waals surface area contributed by atoms with Crippen LogP contribution in [0.15, 0.2) is 36.7 Å². The molecule has 1 aromatic carbocycles. The maximum atomic E-state index is 13.3. The zero-order valence-corrected chi connectivity index (χ0v) is 10.1. The molecule has 0 atom stereocenters. The molecule has 2 rings (SSSR count). The standard InChI is InChI=1S/C14H12FNO2/c1-9(17)13-4-3-11(15)6-14(13)10-5-12(18-2)8-16-7-10/h3-8H,1-2H3. The van der Waals surface area contributed by atoms with Crippen molar-refractivity contribution < 1.29 is 13.9 Å². The van der Waals surface area contributed by atoms with Gasteiger partial charge in [0.2, 0.25) is 0 Å². The second kappa shape index (κ2) is 4.96. The number of hydrogen-bond acceptors (Lipinski definition) is 3. The van der Waals surface area contributed by atoms with E-state index in [1.807, 2.05) is 0 Å². The van der Waals surface area contributed by atoms with Crippen LogP contribution in [-0.2, 0) is 0 Å². The maximum Gasteiger partial charge on any atom is 0.160 e. The molecule has 0 fully saturated rings. The number of pyridine rings is 1. The van der Waals surface area contributed by atoms with Gasteiger partial charge < -0.3 is 4.74 Å². The van der Waals surface area contributed by atoms with Crippen molar-refractivity contribution in [2.75, 3.05) is 7.11 Å². The highest BCUT2D eigenvalue weighted by Gasteiger charge is 2.11. The third-order valence-electron chi connectivity index (χ3n) is 2.62. The fraction of sp³-hybridized carbons (Fsp3) is 0.143. The van der Waals surface area contributed by atoms with E-state index in [1.54, 1.807) is 18.5 Å². The van der Waals surface area contributed by atoms with Gasteiger partial charge in [0.05, 0.1) is 13.3 Å². The first-order valence-electron chi connectivity index (χ1n) is 5.41. The molecule has 0 amide bonds. The predicted molar refractivity (Wildman–Crippen MR) is 66.2 cm³/mol. The van der Waals surface area contributed by atoms with Crippen LogP contribution in [0.1, 0.15) is 17.3 Å². The number of nitrogens with zero attached hydrogens (tertiary/aromatic N) is 1. The monoisotopic (exact) mass is 245 g/mol. The van der Waals surface area contributed by atoms with E-state index in [-0.39, 0.29) is 5.78 Å². The van der Waals surface area contributed by atoms with Gasteiger partial charge in [0.25, 0.3) is 0 Å². The lowest BCUT2D eigenvalue weighted by Gasteiger charge is -2.08. The predicted octanol–water partition coefficient (Wildman–Crippen LogP) is 3.10. The lowest BCUT2D eigenvalue weighted by atomic mass is 9.98. The third-order valence-corrected chi connectivity index (χ3v) is 2.62. The van der Waals surface area contributed by atoms with Gasteiger partial charge in [0.15, 0.2) is 5.78 Å². The number of hydrogen-bond donors (Lipinski definition) is 0. The minimum absolute atomic E-state index is 0.118. The number of aromatic nitrogens is 1. The van der Waals surface area contributed by atoms with Crippen LogP contribution in [0.3, 0.4) is 0 Å². The smallest absolute Gasteiger partial charge is 0.160 e. The molecular formula is C14H12FNO2. The van der Waals surface area contributed by atoms with Gasteiger partial charge in [0.1, 0.15) is 11.6 Å². The highest BCUT2D eigenvalue weighted by Crippen LogP contribution is 2.27. The summed E-state index contributed by atoms with van der Waals surface area (Å²) in [5, 5.41) is 0. The molecule has 0 bridgehead atoms. The van der Waals surface area contributed by atoms with Crippen molar-refractivity contribution in [1.29, 1.82) is 0 Å². The van der Waals surface area contributed by atoms with Gasteiger partial charge in [-0.25, -0.2) is 4.39 Å². The van der Waals surface area contributed by atoms with E-state index in [1.165, 1.54) is 32.2 Å². The Hall–Kier alpha value is -2.23. The van der Waals surface area contributed by atoms with Gasteiger partial charge in [-0.1, -0.05) is 0 Å². The molecule has 0 aliphatic heterocycles. The number of carbonyl (C=O) groups excluding carboxylic acids is 1. The molecule has 1 heterocycles. The molecule has 3 nitrogen and oxygen atoms in total. The van der Waals surface area contributed by atoms with Crippen LogP contribution in [-0.4, -0.2) is 17.9 Å². The second-order valence-electron chi connectivity index (χ2n) is 3.86. The van der Waals surface area contributed by atoms with Crippen LogP contribution in [0, 0.1) is 5.82 Å². The van der Waals surface area contributed by atoms with Crippen LogP contribution in [0.5, 0.6) is 5.75 Å². The Morgan fingerprint density at radius 2 is 2.06 bits per heavy atom. The first kappa shape index (κ1) is 12.2. The van der Waals surface area contributed by atoms with Crippen LogP contribution < -0.4 is 4.74 Å². The summed E-state index contributed by atoms with van der Waals surface area (Å²) in [6.45, 7) is 1.45. The minimum atomic E-state index is -0.391. The summed E-state index contributed by atoms with van der Waals surface area (Å²) in [4.78, 5) is 15.5. The van der Waals surface area contributed by atoms with E-state index < -0.39 is 5.82 Å². The van der Waals surface area contributed by atoms with Gasteiger partial charge >= 0.3 is 0 Å². The van der Waals surface area contributed by atoms with Crippen LogP contribution >= 0.6 is 0 Å². The number of ketones is 1. The minimum Gasteiger partial charge on any atom is -0.495 e. The molecule has 0 N–H and O–H groups in total. The molecule has 0 saturated carbocycles. The summed E-state index contributed by atoms with van der Waals surface area (Å²) < 4.78 is 18.4. The highest BCUT2D eigenvalue weighted by molar-refractivity contribution is 6.00. The molecule has 0 aliphatic rings. The van der Waals surface area contributed by atoms with Crippen molar-refractivity contribution in [2.24, 2.45) is 0 Å². The largest absolute Gasteiger partial charge is 0.495 e. The van der Waals surface area contributed by atoms with Crippen molar-refractivity contribution >= 4 is 5.78 Å². The Kier molecular flexibility index (Phi) is 3.37. The van der Waals surface area contributed by atoms with Gasteiger partial charge in [-0.2, -0.15) is 0 Å². The molecule has 0 unspecified atom stereocenters. The third kappa shape index (κ3) is 2.37. The molecular weight excluding hydrogens is 233 g/mol. The fourth-order valence-corrected chi connectivity index (χ4v) is 1.74. The van der Waals surface area contributed by atoms with Gasteiger partial charge in [-0.05, 0) is 36.8 Å². The number of carbonyl (C=O) groups is 1. The first-order chi connectivity index (χ1) is 8.61. The van der Waals surface area contributed by atoms with Crippen LogP contribution in [0.4, 0.5) is 4.39 Å². The number of halogens is 1. The lowest BCUT2D eigenvalue weighted by molar-refractivity contribution is 0.101. The quantitative estimate of drug-likeness (QED) is 0.780. The zero-order valence-electron chi connectivity index (χ0n) is 10.1. The number of Topliss-reactive ketones (excluding diaryl/α,β-unsaturated/α-hetero) is 1. The summed E-state index contributed by atoms with van der Waals surface area (Å²) in [6, 6.07) is 5.79. The number of rotatable bonds is 3. The average Bonchev–Trinajstić information content (AvgIpc) is 2.38. The normalized spacial score (nSPS) is 10.2. The molecule has 4 heteroatoms. The Balaban J connectivity index is 2.61. The summed E-state index contributed by atoms with van der Waals surface area (Å²) in [6.07, 6.45) is 3.12. The van der Waals surface area contributed by atoms with Gasteiger partial charge in [0, 0.05) is 17.3 Å². The Morgan fingerprint density at radius 1 is 1.28 bits per heavy atom. The second-order valence-corrected chi connectivity index (χ2v) is 3.86. The van der Waals surface area contributed by atoms with E-state index in [0.717, 1.165) is 0 Å². The van der Waals surface area contributed by atoms with Crippen LogP contribution in [0.25, 0.3) is 11.1 Å². The van der Waals surface area contributed by atoms with Crippen molar-refractivity contribution in [2.45, 2.75) is 6.92 Å². The molecule has 92 valence electrons. The van der Waals surface area contributed by atoms with Gasteiger partial charge in [-0.15, -0.1) is 0 Å². The van der Waals surface area contributed by atoms with Crippen molar-refractivity contribution in [3.63, 3.8) is 0 Å². The molecule has 0 saturated heterocycles. The summed E-state index contributed by atoms with van der Waals surface area (Å²) >= 11 is 0. The van der Waals surface area contributed by atoms with Gasteiger partial charge in [-0.3, -0.25) is 9.78 Å². The number of methoxy groups -OCH3 is 1. The zero-order chi connectivity index (χ0) is 13.1. The van der Waals surface area contributed by atoms with Crippen molar-refractivity contribution in [3.05, 3.63) is 48.0 Å². The molecule has 0 radical (unpaired) electrons. The maximum absolute atomic E-state index is 13.3. The first-order valence-corrected chi connectivity index (χ1v) is 5.41. The summed E-state index contributed by atoms with van der Waals surface area (Å²) in [5.74, 6) is 0.0527. The number of ether oxygens (including phenoxy) is 1. The Bertz CT molecular complexity index is 596. The van der Waals surface area contributed by atoms with E-state index in [2.05, 4.69) is 4.98 Å². The Labute approximate surface area is 104 Å². The SMILES string of the molecule is COc1cncc(-c2cc(F)ccc2C(C)=O)c1. The fourth-order valence-electron chi connectivity index (χ4n) is 1.74. The lowest BCUT2D eigenvalue weighted by Crippen LogP contribution is -1.97. The average molecular weight is 245 g/mol. The van der Waals surface area contributed by atoms with E-state index >= 15 is 0 Å². The van der Waals surface area contributed by atoms with Crippen LogP contribution in [0.2, 0.25) is 0 Å².